The maximum Gasteiger partial charge on any atom is 0.262 e. The van der Waals surface area contributed by atoms with Gasteiger partial charge in [-0.25, -0.2) is 0 Å². The molecule has 136 valence electrons. The van der Waals surface area contributed by atoms with Crippen LogP contribution in [0.5, 0.6) is 0 Å². The van der Waals surface area contributed by atoms with Crippen LogP contribution in [-0.4, -0.2) is 25.1 Å². The molecule has 3 N–H and O–H groups in total. The average Bonchev–Trinajstić information content (AvgIpc) is 3.11. The van der Waals surface area contributed by atoms with Gasteiger partial charge in [0.05, 0.1) is 17.4 Å². The quantitative estimate of drug-likeness (QED) is 0.563. The number of aryl methyl sites for hydroxylation is 1. The predicted octanol–water partition coefficient (Wildman–Crippen LogP) is 1.78. The van der Waals surface area contributed by atoms with Crippen molar-refractivity contribution in [3.05, 3.63) is 70.3 Å². The summed E-state index contributed by atoms with van der Waals surface area (Å²) in [4.78, 5) is 23.8. The molecule has 0 aliphatic heterocycles. The highest BCUT2D eigenvalue weighted by Gasteiger charge is 2.15. The molecule has 0 bridgehead atoms. The number of carbonyl (C=O) groups excluding carboxylic acids is 1. The second-order valence-electron chi connectivity index (χ2n) is 6.11. The normalized spacial score (nSPS) is 11.1. The largest absolute Gasteiger partial charge is 0.378 e. The van der Waals surface area contributed by atoms with Crippen LogP contribution in [-0.2, 0) is 13.1 Å². The SMILES string of the molecule is CCn1c(=O)c2ccccc2n2c(CNc3ccc(C(N)=O)cc3)nnc12. The highest BCUT2D eigenvalue weighted by Crippen LogP contribution is 2.16. The molecule has 0 unspecified atom stereocenters. The third kappa shape index (κ3) is 2.80. The lowest BCUT2D eigenvalue weighted by molar-refractivity contribution is 0.100. The second-order valence-corrected chi connectivity index (χ2v) is 6.11. The third-order valence-corrected chi connectivity index (χ3v) is 4.51. The highest BCUT2D eigenvalue weighted by atomic mass is 16.1. The summed E-state index contributed by atoms with van der Waals surface area (Å²) in [6.07, 6.45) is 0. The van der Waals surface area contributed by atoms with Gasteiger partial charge in [0.15, 0.2) is 5.82 Å². The van der Waals surface area contributed by atoms with Crippen LogP contribution < -0.4 is 16.6 Å². The van der Waals surface area contributed by atoms with Gasteiger partial charge in [0, 0.05) is 17.8 Å². The van der Waals surface area contributed by atoms with Gasteiger partial charge >= 0.3 is 0 Å². The lowest BCUT2D eigenvalue weighted by atomic mass is 10.2. The van der Waals surface area contributed by atoms with Crippen molar-refractivity contribution in [2.75, 3.05) is 5.32 Å². The molecule has 0 atom stereocenters. The molecule has 0 saturated carbocycles. The molecule has 2 aromatic heterocycles. The number of anilines is 1. The van der Waals surface area contributed by atoms with Crippen LogP contribution in [0, 0.1) is 0 Å². The molecule has 1 amide bonds. The summed E-state index contributed by atoms with van der Waals surface area (Å²) >= 11 is 0. The molecule has 8 heteroatoms. The summed E-state index contributed by atoms with van der Waals surface area (Å²) in [5, 5.41) is 12.4. The Balaban J connectivity index is 1.75. The number of fused-ring (bicyclic) bond motifs is 3. The first-order valence-corrected chi connectivity index (χ1v) is 8.59. The van der Waals surface area contributed by atoms with Crippen molar-refractivity contribution in [2.45, 2.75) is 20.0 Å². The average molecular weight is 362 g/mol. The van der Waals surface area contributed by atoms with Crippen LogP contribution in [0.15, 0.2) is 53.3 Å². The van der Waals surface area contributed by atoms with E-state index in [1.807, 2.05) is 35.6 Å². The summed E-state index contributed by atoms with van der Waals surface area (Å²) in [5.74, 6) is 0.735. The fraction of sp³-hybridized carbons (Fsp3) is 0.158. The summed E-state index contributed by atoms with van der Waals surface area (Å²) in [6, 6.07) is 14.3. The van der Waals surface area contributed by atoms with E-state index in [0.717, 1.165) is 11.2 Å². The summed E-state index contributed by atoms with van der Waals surface area (Å²) in [7, 11) is 0. The summed E-state index contributed by atoms with van der Waals surface area (Å²) < 4.78 is 3.51. The van der Waals surface area contributed by atoms with Crippen molar-refractivity contribution in [3.8, 4) is 0 Å². The van der Waals surface area contributed by atoms with E-state index in [2.05, 4.69) is 15.5 Å². The van der Waals surface area contributed by atoms with Crippen LogP contribution in [0.1, 0.15) is 23.1 Å². The second kappa shape index (κ2) is 6.56. The molecule has 0 radical (unpaired) electrons. The van der Waals surface area contributed by atoms with Gasteiger partial charge in [-0.05, 0) is 43.3 Å². The van der Waals surface area contributed by atoms with E-state index in [1.165, 1.54) is 0 Å². The molecule has 2 aromatic carbocycles. The zero-order chi connectivity index (χ0) is 19.0. The van der Waals surface area contributed by atoms with E-state index in [9.17, 15) is 9.59 Å². The van der Waals surface area contributed by atoms with Crippen LogP contribution in [0.3, 0.4) is 0 Å². The lowest BCUT2D eigenvalue weighted by Crippen LogP contribution is -2.22. The van der Waals surface area contributed by atoms with Gasteiger partial charge in [0.1, 0.15) is 0 Å². The van der Waals surface area contributed by atoms with E-state index in [-0.39, 0.29) is 5.56 Å². The first-order valence-electron chi connectivity index (χ1n) is 8.59. The standard InChI is InChI=1S/C19H18N6O2/c1-2-24-18(27)14-5-3-4-6-15(14)25-16(22-23-19(24)25)11-21-13-9-7-12(8-10-13)17(20)26/h3-10,21H,2,11H2,1H3,(H2,20,26). The van der Waals surface area contributed by atoms with E-state index < -0.39 is 5.91 Å². The first-order chi connectivity index (χ1) is 13.1. The highest BCUT2D eigenvalue weighted by molar-refractivity contribution is 5.93. The number of amides is 1. The molecule has 27 heavy (non-hydrogen) atoms. The molecule has 2 heterocycles. The van der Waals surface area contributed by atoms with Gasteiger partial charge in [-0.3, -0.25) is 18.6 Å². The maximum atomic E-state index is 12.7. The Morgan fingerprint density at radius 2 is 1.85 bits per heavy atom. The van der Waals surface area contributed by atoms with E-state index in [4.69, 9.17) is 5.73 Å². The monoisotopic (exact) mass is 362 g/mol. The number of primary amides is 1. The molecule has 0 aliphatic carbocycles. The Morgan fingerprint density at radius 3 is 2.56 bits per heavy atom. The number of aromatic nitrogens is 4. The molecule has 0 spiro atoms. The first kappa shape index (κ1) is 16.8. The Kier molecular flexibility index (Phi) is 4.08. The summed E-state index contributed by atoms with van der Waals surface area (Å²) in [5.41, 5.74) is 7.23. The molecule has 0 saturated heterocycles. The lowest BCUT2D eigenvalue weighted by Gasteiger charge is -2.10. The van der Waals surface area contributed by atoms with E-state index in [1.54, 1.807) is 28.8 Å². The van der Waals surface area contributed by atoms with Gasteiger partial charge < -0.3 is 11.1 Å². The zero-order valence-electron chi connectivity index (χ0n) is 14.7. The maximum absolute atomic E-state index is 12.7. The summed E-state index contributed by atoms with van der Waals surface area (Å²) in [6.45, 7) is 2.82. The minimum Gasteiger partial charge on any atom is -0.378 e. The fourth-order valence-electron chi connectivity index (χ4n) is 3.15. The fourth-order valence-corrected chi connectivity index (χ4v) is 3.15. The Morgan fingerprint density at radius 1 is 1.11 bits per heavy atom. The van der Waals surface area contributed by atoms with Crippen molar-refractivity contribution in [1.29, 1.82) is 0 Å². The Bertz CT molecular complexity index is 1210. The Labute approximate surface area is 154 Å². The number of hydrogen-bond acceptors (Lipinski definition) is 5. The van der Waals surface area contributed by atoms with Crippen molar-refractivity contribution in [1.82, 2.24) is 19.2 Å². The third-order valence-electron chi connectivity index (χ3n) is 4.51. The van der Waals surface area contributed by atoms with Gasteiger partial charge in [0.25, 0.3) is 5.56 Å². The Hall–Kier alpha value is -3.68. The van der Waals surface area contributed by atoms with Gasteiger partial charge in [-0.1, -0.05) is 12.1 Å². The molecule has 0 fully saturated rings. The molecular weight excluding hydrogens is 344 g/mol. The molecule has 4 rings (SSSR count). The number of hydrogen-bond donors (Lipinski definition) is 2. The van der Waals surface area contributed by atoms with Crippen LogP contribution in [0.4, 0.5) is 5.69 Å². The molecule has 8 nitrogen and oxygen atoms in total. The van der Waals surface area contributed by atoms with Crippen LogP contribution in [0.25, 0.3) is 16.7 Å². The molecule has 4 aromatic rings. The topological polar surface area (TPSA) is 107 Å². The minimum atomic E-state index is -0.464. The van der Waals surface area contributed by atoms with E-state index in [0.29, 0.717) is 35.6 Å². The number of nitrogens with two attached hydrogens (primary N) is 1. The van der Waals surface area contributed by atoms with Crippen molar-refractivity contribution >= 4 is 28.3 Å². The smallest absolute Gasteiger partial charge is 0.262 e. The number of nitrogens with one attached hydrogen (secondary N) is 1. The number of para-hydroxylation sites is 1. The number of carbonyl (C=O) groups is 1. The van der Waals surface area contributed by atoms with E-state index >= 15 is 0 Å². The number of benzene rings is 2. The van der Waals surface area contributed by atoms with Crippen molar-refractivity contribution < 1.29 is 4.79 Å². The van der Waals surface area contributed by atoms with Crippen LogP contribution >= 0.6 is 0 Å². The van der Waals surface area contributed by atoms with Crippen LogP contribution in [0.2, 0.25) is 0 Å². The molecule has 0 aliphatic rings. The zero-order valence-corrected chi connectivity index (χ0v) is 14.7. The van der Waals surface area contributed by atoms with Gasteiger partial charge in [-0.2, -0.15) is 0 Å². The van der Waals surface area contributed by atoms with Gasteiger partial charge in [0.2, 0.25) is 11.7 Å². The number of rotatable bonds is 5. The van der Waals surface area contributed by atoms with Crippen molar-refractivity contribution in [2.24, 2.45) is 5.73 Å². The van der Waals surface area contributed by atoms with Gasteiger partial charge in [-0.15, -0.1) is 10.2 Å². The minimum absolute atomic E-state index is 0.0745. The molecular formula is C19H18N6O2. The predicted molar refractivity (Wildman–Crippen MR) is 103 cm³/mol. The number of nitrogens with zero attached hydrogens (tertiary/aromatic N) is 4. The van der Waals surface area contributed by atoms with Crippen molar-refractivity contribution in [3.63, 3.8) is 0 Å².